The largest absolute Gasteiger partial charge is 0.450 e. The van der Waals surface area contributed by atoms with Crippen LogP contribution in [0.5, 0.6) is 0 Å². The summed E-state index contributed by atoms with van der Waals surface area (Å²) < 4.78 is 18.8. The van der Waals surface area contributed by atoms with Crippen LogP contribution in [0.3, 0.4) is 0 Å². The SMILES string of the molecule is CCOC(=O)N1C2CCC1CC(O)(c1cc(F)ccc1CO)C2. The van der Waals surface area contributed by atoms with Gasteiger partial charge in [-0.2, -0.15) is 0 Å². The van der Waals surface area contributed by atoms with Crippen molar-refractivity contribution in [3.05, 3.63) is 35.1 Å². The molecule has 1 amide bonds. The average molecular weight is 323 g/mol. The number of hydrogen-bond donors (Lipinski definition) is 2. The molecule has 2 N–H and O–H groups in total. The maximum atomic E-state index is 13.6. The van der Waals surface area contributed by atoms with E-state index in [2.05, 4.69) is 0 Å². The van der Waals surface area contributed by atoms with Gasteiger partial charge in [-0.25, -0.2) is 9.18 Å². The molecule has 126 valence electrons. The van der Waals surface area contributed by atoms with Gasteiger partial charge in [-0.3, -0.25) is 0 Å². The number of rotatable bonds is 3. The molecule has 2 aliphatic heterocycles. The molecule has 2 saturated heterocycles. The quantitative estimate of drug-likeness (QED) is 0.895. The second kappa shape index (κ2) is 6.09. The molecule has 0 saturated carbocycles. The Kier molecular flexibility index (Phi) is 4.29. The Hall–Kier alpha value is -1.66. The van der Waals surface area contributed by atoms with Crippen LogP contribution in [0, 0.1) is 5.82 Å². The third kappa shape index (κ3) is 2.81. The Morgan fingerprint density at radius 2 is 2.04 bits per heavy atom. The van der Waals surface area contributed by atoms with Crippen LogP contribution in [0.15, 0.2) is 18.2 Å². The van der Waals surface area contributed by atoms with Crippen molar-refractivity contribution in [2.45, 2.75) is 56.9 Å². The van der Waals surface area contributed by atoms with Crippen molar-refractivity contribution in [1.82, 2.24) is 4.90 Å². The number of carbonyl (C=O) groups excluding carboxylic acids is 1. The molecule has 6 heteroatoms. The first-order valence-electron chi connectivity index (χ1n) is 8.05. The summed E-state index contributed by atoms with van der Waals surface area (Å²) >= 11 is 0. The number of benzene rings is 1. The molecule has 23 heavy (non-hydrogen) atoms. The second-order valence-electron chi connectivity index (χ2n) is 6.39. The minimum atomic E-state index is -1.23. The van der Waals surface area contributed by atoms with Crippen molar-refractivity contribution < 1.29 is 24.1 Å². The van der Waals surface area contributed by atoms with Crippen LogP contribution in [-0.4, -0.2) is 39.9 Å². The molecular formula is C17H22FNO4. The molecule has 0 spiro atoms. The number of aliphatic hydroxyl groups is 2. The van der Waals surface area contributed by atoms with Gasteiger partial charge in [0.25, 0.3) is 0 Å². The fourth-order valence-corrected chi connectivity index (χ4v) is 4.06. The first-order chi connectivity index (χ1) is 11.0. The summed E-state index contributed by atoms with van der Waals surface area (Å²) in [4.78, 5) is 13.8. The summed E-state index contributed by atoms with van der Waals surface area (Å²) in [5.41, 5.74) is -0.270. The third-order valence-corrected chi connectivity index (χ3v) is 4.99. The number of fused-ring (bicyclic) bond motifs is 2. The van der Waals surface area contributed by atoms with E-state index >= 15 is 0 Å². The molecule has 1 aromatic carbocycles. The number of ether oxygens (including phenoxy) is 1. The number of halogens is 1. The normalized spacial score (nSPS) is 29.7. The van der Waals surface area contributed by atoms with Crippen molar-refractivity contribution in [1.29, 1.82) is 0 Å². The molecular weight excluding hydrogens is 301 g/mol. The lowest BCUT2D eigenvalue weighted by Gasteiger charge is -2.44. The van der Waals surface area contributed by atoms with Crippen LogP contribution < -0.4 is 0 Å². The van der Waals surface area contributed by atoms with E-state index in [0.717, 1.165) is 12.8 Å². The molecule has 2 unspecified atom stereocenters. The molecule has 0 radical (unpaired) electrons. The van der Waals surface area contributed by atoms with E-state index in [9.17, 15) is 19.4 Å². The van der Waals surface area contributed by atoms with Gasteiger partial charge in [0.1, 0.15) is 5.82 Å². The van der Waals surface area contributed by atoms with Crippen LogP contribution in [0.4, 0.5) is 9.18 Å². The first-order valence-corrected chi connectivity index (χ1v) is 8.05. The van der Waals surface area contributed by atoms with Gasteiger partial charge < -0.3 is 19.8 Å². The number of amides is 1. The Bertz CT molecular complexity index is 592. The van der Waals surface area contributed by atoms with Gasteiger partial charge in [-0.15, -0.1) is 0 Å². The predicted molar refractivity (Wildman–Crippen MR) is 81.1 cm³/mol. The van der Waals surface area contributed by atoms with Crippen molar-refractivity contribution in [3.8, 4) is 0 Å². The van der Waals surface area contributed by atoms with Crippen LogP contribution in [0.25, 0.3) is 0 Å². The van der Waals surface area contributed by atoms with Crippen molar-refractivity contribution in [2.75, 3.05) is 6.61 Å². The minimum absolute atomic E-state index is 0.118. The molecule has 5 nitrogen and oxygen atoms in total. The Morgan fingerprint density at radius 3 is 2.61 bits per heavy atom. The van der Waals surface area contributed by atoms with Gasteiger partial charge in [0.2, 0.25) is 0 Å². The van der Waals surface area contributed by atoms with E-state index < -0.39 is 11.4 Å². The number of nitrogens with zero attached hydrogens (tertiary/aromatic N) is 1. The molecule has 2 fully saturated rings. The molecule has 2 heterocycles. The highest BCUT2D eigenvalue weighted by molar-refractivity contribution is 5.69. The van der Waals surface area contributed by atoms with Gasteiger partial charge in [0.15, 0.2) is 0 Å². The number of piperidine rings is 1. The Balaban J connectivity index is 1.90. The summed E-state index contributed by atoms with van der Waals surface area (Å²) in [7, 11) is 0. The zero-order valence-electron chi connectivity index (χ0n) is 13.2. The summed E-state index contributed by atoms with van der Waals surface area (Å²) in [6.45, 7) is 1.83. The summed E-state index contributed by atoms with van der Waals surface area (Å²) in [5, 5.41) is 20.6. The number of carbonyl (C=O) groups is 1. The average Bonchev–Trinajstić information content (AvgIpc) is 2.80. The molecule has 2 atom stereocenters. The maximum Gasteiger partial charge on any atom is 0.410 e. The standard InChI is InChI=1S/C17H22FNO4/c1-2-23-16(21)19-13-5-6-14(19)9-17(22,8-13)15-7-12(18)4-3-11(15)10-20/h3-4,7,13-14,20,22H,2,5-6,8-10H2,1H3. The van der Waals surface area contributed by atoms with Gasteiger partial charge in [-0.05, 0) is 43.0 Å². The monoisotopic (exact) mass is 323 g/mol. The first kappa shape index (κ1) is 16.2. The smallest absolute Gasteiger partial charge is 0.410 e. The lowest BCUT2D eigenvalue weighted by atomic mass is 9.78. The molecule has 0 aliphatic carbocycles. The fraction of sp³-hybridized carbons (Fsp3) is 0.588. The lowest BCUT2D eigenvalue weighted by Crippen LogP contribution is -2.52. The topological polar surface area (TPSA) is 70.0 Å². The van der Waals surface area contributed by atoms with E-state index in [1.165, 1.54) is 18.2 Å². The van der Waals surface area contributed by atoms with Crippen LogP contribution in [0.2, 0.25) is 0 Å². The highest BCUT2D eigenvalue weighted by Crippen LogP contribution is 2.46. The highest BCUT2D eigenvalue weighted by Gasteiger charge is 2.51. The van der Waals surface area contributed by atoms with E-state index in [-0.39, 0.29) is 24.8 Å². The van der Waals surface area contributed by atoms with Gasteiger partial charge in [0, 0.05) is 24.9 Å². The Morgan fingerprint density at radius 1 is 1.39 bits per heavy atom. The number of hydrogen-bond acceptors (Lipinski definition) is 4. The van der Waals surface area contributed by atoms with Crippen molar-refractivity contribution >= 4 is 6.09 Å². The predicted octanol–water partition coefficient (Wildman–Crippen LogP) is 2.29. The minimum Gasteiger partial charge on any atom is -0.450 e. The zero-order valence-corrected chi connectivity index (χ0v) is 13.2. The summed E-state index contributed by atoms with van der Waals surface area (Å²) in [6, 6.07) is 3.84. The van der Waals surface area contributed by atoms with Crippen molar-refractivity contribution in [2.24, 2.45) is 0 Å². The fourth-order valence-electron chi connectivity index (χ4n) is 4.06. The Labute approximate surface area is 134 Å². The van der Waals surface area contributed by atoms with Crippen LogP contribution >= 0.6 is 0 Å². The van der Waals surface area contributed by atoms with Gasteiger partial charge >= 0.3 is 6.09 Å². The van der Waals surface area contributed by atoms with Gasteiger partial charge in [-0.1, -0.05) is 6.07 Å². The van der Waals surface area contributed by atoms with E-state index in [4.69, 9.17) is 4.74 Å². The molecule has 1 aromatic rings. The molecule has 3 rings (SSSR count). The summed E-state index contributed by atoms with van der Waals surface area (Å²) in [6.07, 6.45) is 1.92. The molecule has 2 bridgehead atoms. The molecule has 0 aromatic heterocycles. The number of aliphatic hydroxyl groups excluding tert-OH is 1. The molecule has 2 aliphatic rings. The van der Waals surface area contributed by atoms with E-state index in [0.29, 0.717) is 30.6 Å². The third-order valence-electron chi connectivity index (χ3n) is 4.99. The van der Waals surface area contributed by atoms with Crippen LogP contribution in [-0.2, 0) is 16.9 Å². The zero-order chi connectivity index (χ0) is 16.6. The van der Waals surface area contributed by atoms with E-state index in [1.54, 1.807) is 11.8 Å². The highest BCUT2D eigenvalue weighted by atomic mass is 19.1. The van der Waals surface area contributed by atoms with E-state index in [1.807, 2.05) is 0 Å². The summed E-state index contributed by atoms with van der Waals surface area (Å²) in [5.74, 6) is -0.439. The van der Waals surface area contributed by atoms with Crippen LogP contribution in [0.1, 0.15) is 43.7 Å². The maximum absolute atomic E-state index is 13.6. The lowest BCUT2D eigenvalue weighted by molar-refractivity contribution is -0.0537. The van der Waals surface area contributed by atoms with Gasteiger partial charge in [0.05, 0.1) is 18.8 Å². The second-order valence-corrected chi connectivity index (χ2v) is 6.39. The van der Waals surface area contributed by atoms with Crippen molar-refractivity contribution in [3.63, 3.8) is 0 Å².